The van der Waals surface area contributed by atoms with Crippen molar-refractivity contribution in [1.29, 1.82) is 0 Å². The smallest absolute Gasteiger partial charge is 0.181 e. The molecule has 0 bridgehead atoms. The van der Waals surface area contributed by atoms with Gasteiger partial charge >= 0.3 is 0 Å². The molecule has 4 rings (SSSR count). The van der Waals surface area contributed by atoms with Crippen molar-refractivity contribution < 1.29 is 4.74 Å². The topological polar surface area (TPSA) is 50.8 Å². The van der Waals surface area contributed by atoms with E-state index in [0.29, 0.717) is 5.82 Å². The zero-order valence-corrected chi connectivity index (χ0v) is 10.8. The summed E-state index contributed by atoms with van der Waals surface area (Å²) in [6.45, 7) is 0. The van der Waals surface area contributed by atoms with Gasteiger partial charge in [0.25, 0.3) is 0 Å². The number of para-hydroxylation sites is 1. The average molecular weight is 263 g/mol. The Bertz CT molecular complexity index is 711. The van der Waals surface area contributed by atoms with Gasteiger partial charge in [-0.1, -0.05) is 48.5 Å². The zero-order chi connectivity index (χ0) is 13.4. The molecule has 4 nitrogen and oxygen atoms in total. The van der Waals surface area contributed by atoms with Gasteiger partial charge in [-0.25, -0.2) is 4.98 Å². The number of nitrogens with zero attached hydrogens (tertiary/aromatic N) is 2. The number of ether oxygens (including phenoxy) is 1. The summed E-state index contributed by atoms with van der Waals surface area (Å²) in [5.74, 6) is 2.43. The highest BCUT2D eigenvalue weighted by atomic mass is 16.5. The minimum atomic E-state index is -0.0719. The molecule has 1 unspecified atom stereocenters. The third-order valence-electron chi connectivity index (χ3n) is 3.49. The van der Waals surface area contributed by atoms with Crippen LogP contribution in [0.3, 0.4) is 0 Å². The van der Waals surface area contributed by atoms with Gasteiger partial charge in [0.05, 0.1) is 0 Å². The molecule has 2 aromatic carbocycles. The van der Waals surface area contributed by atoms with E-state index < -0.39 is 0 Å². The molecular weight excluding hydrogens is 250 g/mol. The number of hydrogen-bond donors (Lipinski definition) is 1. The zero-order valence-electron chi connectivity index (χ0n) is 10.8. The predicted octanol–water partition coefficient (Wildman–Crippen LogP) is 3.15. The van der Waals surface area contributed by atoms with E-state index in [2.05, 4.69) is 21.2 Å². The first-order valence-corrected chi connectivity index (χ1v) is 6.62. The maximum Gasteiger partial charge on any atom is 0.181 e. The van der Waals surface area contributed by atoms with Crippen LogP contribution in [0.5, 0.6) is 5.75 Å². The minimum absolute atomic E-state index is 0.0719. The Balaban J connectivity index is 1.61. The van der Waals surface area contributed by atoms with Crippen molar-refractivity contribution >= 4 is 0 Å². The van der Waals surface area contributed by atoms with Gasteiger partial charge in [-0.05, 0) is 11.6 Å². The van der Waals surface area contributed by atoms with Crippen molar-refractivity contribution in [3.63, 3.8) is 0 Å². The molecule has 0 amide bonds. The summed E-state index contributed by atoms with van der Waals surface area (Å²) < 4.78 is 5.91. The number of nitrogens with one attached hydrogen (secondary N) is 1. The number of hydrogen-bond acceptors (Lipinski definition) is 3. The van der Waals surface area contributed by atoms with Crippen molar-refractivity contribution in [2.24, 2.45) is 0 Å². The molecule has 98 valence electrons. The number of fused-ring (bicyclic) bond motifs is 1. The van der Waals surface area contributed by atoms with Crippen molar-refractivity contribution in [3.8, 4) is 17.1 Å². The summed E-state index contributed by atoms with van der Waals surface area (Å²) in [4.78, 5) is 4.55. The Hall–Kier alpha value is -2.62. The van der Waals surface area contributed by atoms with Crippen molar-refractivity contribution in [2.75, 3.05) is 0 Å². The average Bonchev–Trinajstić information content (AvgIpc) is 3.14. The number of H-pyrrole nitrogens is 1. The van der Waals surface area contributed by atoms with Crippen molar-refractivity contribution in [2.45, 2.75) is 12.5 Å². The van der Waals surface area contributed by atoms with Crippen LogP contribution < -0.4 is 4.74 Å². The number of rotatable bonds is 2. The number of aromatic nitrogens is 3. The SMILES string of the molecule is c1ccc(-c2n[nH]c(C3Cc4ccccc4O3)n2)cc1. The molecule has 0 aliphatic carbocycles. The minimum Gasteiger partial charge on any atom is -0.482 e. The number of aromatic amines is 1. The van der Waals surface area contributed by atoms with E-state index in [4.69, 9.17) is 4.74 Å². The summed E-state index contributed by atoms with van der Waals surface area (Å²) >= 11 is 0. The third kappa shape index (κ3) is 1.86. The lowest BCUT2D eigenvalue weighted by molar-refractivity contribution is 0.228. The van der Waals surface area contributed by atoms with Crippen LogP contribution in [0.4, 0.5) is 0 Å². The van der Waals surface area contributed by atoms with E-state index in [0.717, 1.165) is 23.6 Å². The van der Waals surface area contributed by atoms with E-state index in [9.17, 15) is 0 Å². The molecule has 2 heterocycles. The van der Waals surface area contributed by atoms with Crippen LogP contribution in [0.15, 0.2) is 54.6 Å². The fourth-order valence-electron chi connectivity index (χ4n) is 2.47. The second kappa shape index (κ2) is 4.49. The highest BCUT2D eigenvalue weighted by molar-refractivity contribution is 5.54. The molecule has 0 fully saturated rings. The summed E-state index contributed by atoms with van der Waals surface area (Å²) in [6, 6.07) is 18.0. The van der Waals surface area contributed by atoms with Gasteiger partial charge in [0.2, 0.25) is 0 Å². The van der Waals surface area contributed by atoms with Gasteiger partial charge in [0, 0.05) is 12.0 Å². The normalized spacial score (nSPS) is 16.7. The van der Waals surface area contributed by atoms with Crippen LogP contribution in [-0.2, 0) is 6.42 Å². The standard InChI is InChI=1S/C16H13N3O/c1-2-6-11(7-3-1)15-17-16(19-18-15)14-10-12-8-4-5-9-13(12)20-14/h1-9,14H,10H2,(H,17,18,19). The van der Waals surface area contributed by atoms with Gasteiger partial charge in [0.1, 0.15) is 5.75 Å². The van der Waals surface area contributed by atoms with E-state index in [1.807, 2.05) is 48.5 Å². The van der Waals surface area contributed by atoms with E-state index >= 15 is 0 Å². The first kappa shape index (κ1) is 11.2. The van der Waals surface area contributed by atoms with Crippen LogP contribution in [0.25, 0.3) is 11.4 Å². The van der Waals surface area contributed by atoms with Crippen LogP contribution in [0, 0.1) is 0 Å². The Labute approximate surface area is 116 Å². The summed E-state index contributed by atoms with van der Waals surface area (Å²) in [5, 5.41) is 7.27. The Morgan fingerprint density at radius 2 is 1.80 bits per heavy atom. The molecule has 1 N–H and O–H groups in total. The lowest BCUT2D eigenvalue weighted by Crippen LogP contribution is -2.05. The quantitative estimate of drug-likeness (QED) is 0.772. The van der Waals surface area contributed by atoms with Gasteiger partial charge in [-0.2, -0.15) is 5.10 Å². The fraction of sp³-hybridized carbons (Fsp3) is 0.125. The molecule has 0 spiro atoms. The molecule has 1 aliphatic rings. The second-order valence-corrected chi connectivity index (χ2v) is 4.83. The second-order valence-electron chi connectivity index (χ2n) is 4.83. The molecule has 20 heavy (non-hydrogen) atoms. The summed E-state index contributed by atoms with van der Waals surface area (Å²) in [6.07, 6.45) is 0.761. The van der Waals surface area contributed by atoms with E-state index in [1.165, 1.54) is 5.56 Å². The van der Waals surface area contributed by atoms with Crippen molar-refractivity contribution in [3.05, 3.63) is 66.0 Å². The molecular formula is C16H13N3O. The molecule has 1 atom stereocenters. The number of benzene rings is 2. The van der Waals surface area contributed by atoms with Crippen LogP contribution in [-0.4, -0.2) is 15.2 Å². The maximum atomic E-state index is 5.91. The van der Waals surface area contributed by atoms with Crippen molar-refractivity contribution in [1.82, 2.24) is 15.2 Å². The molecule has 3 aromatic rings. The van der Waals surface area contributed by atoms with Gasteiger partial charge in [0.15, 0.2) is 17.8 Å². The van der Waals surface area contributed by atoms with E-state index in [1.54, 1.807) is 0 Å². The molecule has 0 saturated heterocycles. The molecule has 0 radical (unpaired) electrons. The maximum absolute atomic E-state index is 5.91. The summed E-state index contributed by atoms with van der Waals surface area (Å²) in [7, 11) is 0. The Morgan fingerprint density at radius 1 is 1.00 bits per heavy atom. The Kier molecular flexibility index (Phi) is 2.52. The van der Waals surface area contributed by atoms with Crippen LogP contribution >= 0.6 is 0 Å². The first-order chi connectivity index (χ1) is 9.90. The van der Waals surface area contributed by atoms with E-state index in [-0.39, 0.29) is 6.10 Å². The van der Waals surface area contributed by atoms with Crippen LogP contribution in [0.1, 0.15) is 17.5 Å². The Morgan fingerprint density at radius 3 is 2.65 bits per heavy atom. The molecule has 4 heteroatoms. The first-order valence-electron chi connectivity index (χ1n) is 6.62. The fourth-order valence-corrected chi connectivity index (χ4v) is 2.47. The van der Waals surface area contributed by atoms with Gasteiger partial charge < -0.3 is 4.74 Å². The largest absolute Gasteiger partial charge is 0.482 e. The highest BCUT2D eigenvalue weighted by Gasteiger charge is 2.26. The van der Waals surface area contributed by atoms with Crippen LogP contribution in [0.2, 0.25) is 0 Å². The molecule has 1 aliphatic heterocycles. The monoisotopic (exact) mass is 263 g/mol. The lowest BCUT2D eigenvalue weighted by Gasteiger charge is -2.05. The highest BCUT2D eigenvalue weighted by Crippen LogP contribution is 2.35. The molecule has 0 saturated carbocycles. The third-order valence-corrected chi connectivity index (χ3v) is 3.49. The van der Waals surface area contributed by atoms with Gasteiger partial charge in [-0.3, -0.25) is 5.10 Å². The summed E-state index contributed by atoms with van der Waals surface area (Å²) in [5.41, 5.74) is 2.22. The molecule has 1 aromatic heterocycles. The van der Waals surface area contributed by atoms with Gasteiger partial charge in [-0.15, -0.1) is 0 Å². The lowest BCUT2D eigenvalue weighted by atomic mass is 10.1. The predicted molar refractivity (Wildman–Crippen MR) is 75.3 cm³/mol.